The van der Waals surface area contributed by atoms with Gasteiger partial charge in [-0.15, -0.1) is 0 Å². The number of methoxy groups -OCH3 is 1. The van der Waals surface area contributed by atoms with E-state index in [1.807, 2.05) is 0 Å². The van der Waals surface area contributed by atoms with Crippen LogP contribution in [0.3, 0.4) is 0 Å². The molecule has 0 aromatic heterocycles. The molecule has 0 saturated heterocycles. The molecule has 6 nitrogen and oxygen atoms in total. The van der Waals surface area contributed by atoms with Crippen molar-refractivity contribution in [3.8, 4) is 0 Å². The van der Waals surface area contributed by atoms with Crippen LogP contribution in [-0.4, -0.2) is 49.4 Å². The highest BCUT2D eigenvalue weighted by molar-refractivity contribution is 6.21. The van der Waals surface area contributed by atoms with E-state index >= 15 is 0 Å². The molecular formula is C16H20N2O4. The van der Waals surface area contributed by atoms with E-state index in [9.17, 15) is 14.4 Å². The van der Waals surface area contributed by atoms with Crippen molar-refractivity contribution in [2.75, 3.05) is 20.7 Å². The van der Waals surface area contributed by atoms with Gasteiger partial charge in [-0.05, 0) is 38.4 Å². The molecule has 0 aliphatic carbocycles. The van der Waals surface area contributed by atoms with E-state index in [1.165, 1.54) is 12.0 Å². The van der Waals surface area contributed by atoms with Crippen molar-refractivity contribution in [3.05, 3.63) is 35.4 Å². The minimum atomic E-state index is -0.354. The number of benzene rings is 1. The number of esters is 1. The van der Waals surface area contributed by atoms with E-state index in [0.717, 1.165) is 0 Å². The number of ether oxygens (including phenoxy) is 1. The van der Waals surface area contributed by atoms with Gasteiger partial charge in [0.05, 0.1) is 18.2 Å². The Kier molecular flexibility index (Phi) is 5.27. The molecule has 2 rings (SSSR count). The molecule has 1 unspecified atom stereocenters. The second kappa shape index (κ2) is 7.17. The number of likely N-dealkylation sites (N-methyl/N-ethyl adjacent to an activating group) is 1. The highest BCUT2D eigenvalue weighted by atomic mass is 16.5. The normalized spacial score (nSPS) is 14.9. The molecule has 0 fully saturated rings. The maximum absolute atomic E-state index is 12.2. The van der Waals surface area contributed by atoms with Crippen molar-refractivity contribution in [1.29, 1.82) is 0 Å². The average Bonchev–Trinajstić information content (AvgIpc) is 2.79. The van der Waals surface area contributed by atoms with Gasteiger partial charge in [-0.1, -0.05) is 12.1 Å². The summed E-state index contributed by atoms with van der Waals surface area (Å²) in [6, 6.07) is 6.49. The van der Waals surface area contributed by atoms with Gasteiger partial charge in [-0.2, -0.15) is 0 Å². The van der Waals surface area contributed by atoms with Crippen molar-refractivity contribution < 1.29 is 19.1 Å². The van der Waals surface area contributed by atoms with E-state index in [-0.39, 0.29) is 23.8 Å². The molecule has 0 spiro atoms. The van der Waals surface area contributed by atoms with Gasteiger partial charge < -0.3 is 10.1 Å². The zero-order chi connectivity index (χ0) is 16.1. The molecule has 1 aromatic rings. The Morgan fingerprint density at radius 1 is 1.18 bits per heavy atom. The van der Waals surface area contributed by atoms with Crippen LogP contribution >= 0.6 is 0 Å². The van der Waals surface area contributed by atoms with E-state index in [0.29, 0.717) is 36.9 Å². The summed E-state index contributed by atoms with van der Waals surface area (Å²) in [6.07, 6.45) is 1.97. The number of carbonyl (C=O) groups excluding carboxylic acids is 3. The lowest BCUT2D eigenvalue weighted by molar-refractivity contribution is -0.143. The minimum Gasteiger partial charge on any atom is -0.468 e. The summed E-state index contributed by atoms with van der Waals surface area (Å²) in [5.41, 5.74) is 0.935. The van der Waals surface area contributed by atoms with Gasteiger partial charge in [-0.3, -0.25) is 19.3 Å². The van der Waals surface area contributed by atoms with Crippen LogP contribution < -0.4 is 5.32 Å². The summed E-state index contributed by atoms with van der Waals surface area (Å²) in [5, 5.41) is 2.89. The number of imide groups is 1. The number of nitrogens with zero attached hydrogens (tertiary/aromatic N) is 1. The van der Waals surface area contributed by atoms with Gasteiger partial charge in [0, 0.05) is 6.54 Å². The summed E-state index contributed by atoms with van der Waals surface area (Å²) in [4.78, 5) is 37.0. The van der Waals surface area contributed by atoms with Crippen molar-refractivity contribution >= 4 is 17.8 Å². The monoisotopic (exact) mass is 304 g/mol. The Hall–Kier alpha value is -2.21. The Bertz CT molecular complexity index is 550. The second-order valence-electron chi connectivity index (χ2n) is 5.17. The molecule has 1 aliphatic rings. The third-order valence-electron chi connectivity index (χ3n) is 3.84. The highest BCUT2D eigenvalue weighted by Gasteiger charge is 2.34. The molecule has 118 valence electrons. The largest absolute Gasteiger partial charge is 0.468 e. The molecule has 0 saturated carbocycles. The van der Waals surface area contributed by atoms with Gasteiger partial charge >= 0.3 is 5.97 Å². The average molecular weight is 304 g/mol. The van der Waals surface area contributed by atoms with Gasteiger partial charge in [0.1, 0.15) is 6.04 Å². The number of carbonyl (C=O) groups is 3. The first-order valence-corrected chi connectivity index (χ1v) is 7.30. The van der Waals surface area contributed by atoms with Crippen LogP contribution in [0.1, 0.15) is 40.0 Å². The van der Waals surface area contributed by atoms with Crippen LogP contribution in [0, 0.1) is 0 Å². The summed E-state index contributed by atoms with van der Waals surface area (Å²) in [7, 11) is 3.05. The predicted octanol–water partition coefficient (Wildman–Crippen LogP) is 1.21. The van der Waals surface area contributed by atoms with E-state index in [2.05, 4.69) is 5.32 Å². The molecule has 0 radical (unpaired) electrons. The van der Waals surface area contributed by atoms with Crippen molar-refractivity contribution in [2.24, 2.45) is 0 Å². The van der Waals surface area contributed by atoms with Gasteiger partial charge in [0.2, 0.25) is 0 Å². The molecule has 1 aliphatic heterocycles. The maximum atomic E-state index is 12.2. The first-order chi connectivity index (χ1) is 10.6. The third-order valence-corrected chi connectivity index (χ3v) is 3.84. The number of hydrogen-bond donors (Lipinski definition) is 1. The van der Waals surface area contributed by atoms with E-state index in [1.54, 1.807) is 31.3 Å². The van der Waals surface area contributed by atoms with E-state index < -0.39 is 0 Å². The Morgan fingerprint density at radius 2 is 1.77 bits per heavy atom. The zero-order valence-corrected chi connectivity index (χ0v) is 12.8. The third kappa shape index (κ3) is 3.17. The summed E-state index contributed by atoms with van der Waals surface area (Å²) < 4.78 is 4.69. The maximum Gasteiger partial charge on any atom is 0.322 e. The smallest absolute Gasteiger partial charge is 0.322 e. The molecule has 1 atom stereocenters. The number of unbranched alkanes of at least 4 members (excludes halogenated alkanes) is 1. The van der Waals surface area contributed by atoms with Crippen LogP contribution in [-0.2, 0) is 9.53 Å². The fraction of sp³-hybridized carbons (Fsp3) is 0.438. The van der Waals surface area contributed by atoms with Crippen molar-refractivity contribution in [1.82, 2.24) is 10.2 Å². The lowest BCUT2D eigenvalue weighted by Crippen LogP contribution is -2.35. The second-order valence-corrected chi connectivity index (χ2v) is 5.17. The molecule has 0 bridgehead atoms. The van der Waals surface area contributed by atoms with Gasteiger partial charge in [0.25, 0.3) is 11.8 Å². The van der Waals surface area contributed by atoms with Crippen LogP contribution in [0.5, 0.6) is 0 Å². The lowest BCUT2D eigenvalue weighted by atomic mass is 10.1. The first-order valence-electron chi connectivity index (χ1n) is 7.30. The quantitative estimate of drug-likeness (QED) is 0.465. The van der Waals surface area contributed by atoms with Gasteiger partial charge in [-0.25, -0.2) is 0 Å². The topological polar surface area (TPSA) is 75.7 Å². The Balaban J connectivity index is 1.85. The summed E-state index contributed by atoms with van der Waals surface area (Å²) in [6.45, 7) is 0.365. The predicted molar refractivity (Wildman–Crippen MR) is 80.5 cm³/mol. The molecule has 2 amide bonds. The number of rotatable bonds is 7. The first kappa shape index (κ1) is 16.2. The summed E-state index contributed by atoms with van der Waals surface area (Å²) >= 11 is 0. The van der Waals surface area contributed by atoms with Crippen LogP contribution in [0.25, 0.3) is 0 Å². The molecule has 1 heterocycles. The minimum absolute atomic E-state index is 0.237. The zero-order valence-electron chi connectivity index (χ0n) is 12.8. The summed E-state index contributed by atoms with van der Waals surface area (Å²) in [5.74, 6) is -0.777. The standard InChI is InChI=1S/C16H20N2O4/c1-17-13(16(21)22-2)9-5-6-10-18-14(19)11-7-3-4-8-12(11)15(18)20/h3-4,7-8,13,17H,5-6,9-10H2,1-2H3. The van der Waals surface area contributed by atoms with E-state index in [4.69, 9.17) is 4.74 Å². The van der Waals surface area contributed by atoms with Gasteiger partial charge in [0.15, 0.2) is 0 Å². The van der Waals surface area contributed by atoms with Crippen molar-refractivity contribution in [3.63, 3.8) is 0 Å². The lowest BCUT2D eigenvalue weighted by Gasteiger charge is -2.16. The molecular weight excluding hydrogens is 284 g/mol. The van der Waals surface area contributed by atoms with Crippen LogP contribution in [0.4, 0.5) is 0 Å². The molecule has 22 heavy (non-hydrogen) atoms. The molecule has 1 N–H and O–H groups in total. The molecule has 1 aromatic carbocycles. The number of fused-ring (bicyclic) bond motifs is 1. The fourth-order valence-electron chi connectivity index (χ4n) is 2.58. The SMILES string of the molecule is CNC(CCCCN1C(=O)c2ccccc2C1=O)C(=O)OC. The number of hydrogen-bond acceptors (Lipinski definition) is 5. The highest BCUT2D eigenvalue weighted by Crippen LogP contribution is 2.22. The number of nitrogens with one attached hydrogen (secondary N) is 1. The fourth-order valence-corrected chi connectivity index (χ4v) is 2.58. The van der Waals surface area contributed by atoms with Crippen LogP contribution in [0.2, 0.25) is 0 Å². The Labute approximate surface area is 129 Å². The molecule has 6 heteroatoms. The Morgan fingerprint density at radius 3 is 2.27 bits per heavy atom. The van der Waals surface area contributed by atoms with Crippen LogP contribution in [0.15, 0.2) is 24.3 Å². The van der Waals surface area contributed by atoms with Crippen molar-refractivity contribution in [2.45, 2.75) is 25.3 Å². The number of amides is 2.